The van der Waals surface area contributed by atoms with Crippen molar-refractivity contribution in [1.29, 1.82) is 0 Å². The van der Waals surface area contributed by atoms with Gasteiger partial charge in [0.1, 0.15) is 72.0 Å². The minimum atomic E-state index is -4.29. The van der Waals surface area contributed by atoms with E-state index in [0.717, 1.165) is 20.8 Å². The van der Waals surface area contributed by atoms with Crippen LogP contribution in [0.2, 0.25) is 0 Å². The number of hydrogen-bond donors (Lipinski definition) is 9. The fourth-order valence-electron chi connectivity index (χ4n) is 12.5. The van der Waals surface area contributed by atoms with Crippen LogP contribution in [0.3, 0.4) is 0 Å². The third kappa shape index (κ3) is 23.1. The number of aliphatic hydroxyl groups is 3. The summed E-state index contributed by atoms with van der Waals surface area (Å²) >= 11 is 0. The van der Waals surface area contributed by atoms with Gasteiger partial charge in [-0.1, -0.05) is 54.6 Å². The highest BCUT2D eigenvalue weighted by atomic mass is 31.2. The summed E-state index contributed by atoms with van der Waals surface area (Å²) in [5, 5.41) is 40.3. The second-order valence-corrected chi connectivity index (χ2v) is 34.5. The van der Waals surface area contributed by atoms with Gasteiger partial charge in [-0.3, -0.25) is 41.7 Å². The number of nitrogens with two attached hydrogens (primary N) is 3. The molecule has 0 saturated carbocycles. The summed E-state index contributed by atoms with van der Waals surface area (Å²) in [5.41, 5.74) is 11.4. The molecule has 48 heteroatoms. The van der Waals surface area contributed by atoms with Crippen LogP contribution >= 0.6 is 23.2 Å². The molecule has 6 aromatic heterocycles. The van der Waals surface area contributed by atoms with Crippen molar-refractivity contribution in [3.8, 4) is 34.9 Å². The molecule has 1 unspecified atom stereocenters. The minimum Gasteiger partial charge on any atom is -0.476 e. The summed E-state index contributed by atoms with van der Waals surface area (Å²) in [5.74, 6) is -1.56. The van der Waals surface area contributed by atoms with Crippen molar-refractivity contribution < 1.29 is 126 Å². The number of aliphatic hydroxyl groups excluding tert-OH is 3. The van der Waals surface area contributed by atoms with Crippen molar-refractivity contribution >= 4 is 92.5 Å². The van der Waals surface area contributed by atoms with E-state index in [4.69, 9.17) is 87.0 Å². The van der Waals surface area contributed by atoms with Gasteiger partial charge < -0.3 is 88.7 Å². The first-order chi connectivity index (χ1) is 58.0. The van der Waals surface area contributed by atoms with E-state index in [9.17, 15) is 43.4 Å². The van der Waals surface area contributed by atoms with E-state index in [2.05, 4.69) is 60.1 Å². The topological polar surface area (TPSA) is 547 Å². The van der Waals surface area contributed by atoms with Crippen molar-refractivity contribution in [2.45, 2.75) is 213 Å². The molecule has 18 atom stereocenters. The van der Waals surface area contributed by atoms with E-state index < -0.39 is 170 Å². The Morgan fingerprint density at radius 1 is 0.431 bits per heavy atom. The van der Waals surface area contributed by atoms with E-state index in [-0.39, 0.29) is 106 Å². The Morgan fingerprint density at radius 3 is 0.886 bits per heavy atom. The molecule has 0 radical (unpaired) electrons. The number of halogens is 3. The highest BCUT2D eigenvalue weighted by Crippen LogP contribution is 2.53. The van der Waals surface area contributed by atoms with Crippen LogP contribution in [0.15, 0.2) is 110 Å². The predicted molar refractivity (Wildman–Crippen MR) is 434 cm³/mol. The number of ether oxygens (including phenoxy) is 9. The number of esters is 3. The molecule has 12 N–H and O–H groups in total. The number of anilines is 3. The fourth-order valence-corrected chi connectivity index (χ4v) is 17.0. The quantitative estimate of drug-likeness (QED) is 0.0101. The molecule has 0 spiro atoms. The summed E-state index contributed by atoms with van der Waals surface area (Å²) in [6.45, 7) is 22.1. The number of alkyl halides is 3. The molecular weight excluding hydrogens is 1690 g/mol. The lowest BCUT2D eigenvalue weighted by Crippen LogP contribution is -2.41. The molecule has 3 fully saturated rings. The Kier molecular flexibility index (Phi) is 31.2. The van der Waals surface area contributed by atoms with Gasteiger partial charge in [0.25, 0.3) is 0 Å². The molecule has 3 aromatic carbocycles. The number of carbonyl (C=O) groups is 3. The monoisotopic (exact) mass is 1790 g/mol. The molecule has 123 heavy (non-hydrogen) atoms. The molecule has 3 aliphatic heterocycles. The predicted octanol–water partition coefficient (Wildman–Crippen LogP) is 8.78. The second kappa shape index (κ2) is 40.3. The molecule has 3 aliphatic rings. The number of fused-ring (bicyclic) bond motifs is 3. The summed E-state index contributed by atoms with van der Waals surface area (Å²) in [4.78, 5) is 74.3. The number of para-hydroxylation sites is 3. The number of nitrogens with zero attached hydrogens (tertiary/aromatic N) is 12. The van der Waals surface area contributed by atoms with E-state index >= 15 is 13.2 Å². The highest BCUT2D eigenvalue weighted by Gasteiger charge is 2.59. The van der Waals surface area contributed by atoms with Gasteiger partial charge in [0.15, 0.2) is 69.2 Å². The van der Waals surface area contributed by atoms with Crippen LogP contribution in [-0.2, 0) is 70.1 Å². The van der Waals surface area contributed by atoms with Gasteiger partial charge in [-0.25, -0.2) is 41.8 Å². The normalized spacial score (nSPS) is 24.7. The average molecular weight is 1790 g/mol. The summed E-state index contributed by atoms with van der Waals surface area (Å²) < 4.78 is 176. The number of nitrogen functional groups attached to an aromatic ring is 3. The second-order valence-electron chi connectivity index (χ2n) is 29.4. The molecule has 42 nitrogen and oxygen atoms in total. The summed E-state index contributed by atoms with van der Waals surface area (Å²) in [6, 6.07) is 21.1. The van der Waals surface area contributed by atoms with Gasteiger partial charge in [0.2, 0.25) is 35.5 Å². The number of carbonyl (C=O) groups excluding carboxylic acids is 3. The molecule has 12 rings (SSSR count). The Hall–Kier alpha value is -10.1. The van der Waals surface area contributed by atoms with Crippen molar-refractivity contribution in [3.05, 3.63) is 110 Å². The first-order valence-corrected chi connectivity index (χ1v) is 43.5. The highest BCUT2D eigenvalue weighted by molar-refractivity contribution is 7.52. The van der Waals surface area contributed by atoms with Gasteiger partial charge in [-0.2, -0.15) is 45.2 Å². The maximum absolute atomic E-state index is 16.0. The fraction of sp³-hybridized carbons (Fsp3) is 0.520. The van der Waals surface area contributed by atoms with Gasteiger partial charge in [0.05, 0.1) is 76.9 Å². The third-order valence-corrected chi connectivity index (χ3v) is 23.2. The van der Waals surface area contributed by atoms with Crippen LogP contribution in [0, 0.1) is 0 Å². The van der Waals surface area contributed by atoms with Gasteiger partial charge >= 0.3 is 41.1 Å². The van der Waals surface area contributed by atoms with Crippen LogP contribution in [0.4, 0.5) is 31.0 Å². The average Bonchev–Trinajstić information content (AvgIpc) is 1.60. The van der Waals surface area contributed by atoms with Crippen LogP contribution < -0.4 is 60.2 Å². The van der Waals surface area contributed by atoms with Crippen LogP contribution in [0.5, 0.6) is 34.9 Å². The third-order valence-electron chi connectivity index (χ3n) is 18.3. The Morgan fingerprint density at radius 2 is 0.667 bits per heavy atom. The zero-order valence-corrected chi connectivity index (χ0v) is 72.5. The molecular formula is C75H102F3N18O24P3. The number of rotatable bonds is 36. The first-order valence-electron chi connectivity index (χ1n) is 38.9. The smallest absolute Gasteiger partial charge is 0.459 e. The lowest BCUT2D eigenvalue weighted by molar-refractivity contribution is -0.150. The number of nitrogens with one attached hydrogen (secondary N) is 3. The molecule has 9 heterocycles. The maximum atomic E-state index is 16.0. The molecule has 0 amide bonds. The molecule has 0 aliphatic carbocycles. The van der Waals surface area contributed by atoms with E-state index in [0.29, 0.717) is 0 Å². The summed E-state index contributed by atoms with van der Waals surface area (Å²) in [7, 11) is -12.9. The maximum Gasteiger partial charge on any atom is 0.459 e. The van der Waals surface area contributed by atoms with E-state index in [1.165, 1.54) is 53.5 Å². The zero-order chi connectivity index (χ0) is 89.8. The van der Waals surface area contributed by atoms with Crippen molar-refractivity contribution in [1.82, 2.24) is 73.8 Å². The lowest BCUT2D eigenvalue weighted by atomic mass is 9.98. The standard InChI is InChI=1S/3C25H34FN6O8P/c3*1-6-36-21-18-20(29-24(27)30-21)32(13-28-18)23-25(5,26)19(33)17(39-23)12-37-41(35,40-16-10-8-7-9-11-16)31-15(4)22(34)38-14(2)3/h3*7-11,13-15,17,19,23,33H,6,12H2,1-5H3,(H,31,35)(H2,27,29,30)/t15-,17-,19-,23-,25-,41?;15-,17-,19-,23-,25-,41+;15-,17-,19-,23-,25-,41-/m111/s1. The Labute approximate surface area is 704 Å². The number of hydrogen-bond acceptors (Lipinski definition) is 36. The Bertz CT molecular complexity index is 4730. The zero-order valence-electron chi connectivity index (χ0n) is 69.8. The number of benzene rings is 3. The number of imidazole rings is 3. The van der Waals surface area contributed by atoms with Crippen molar-refractivity contribution in [2.75, 3.05) is 56.8 Å². The Balaban J connectivity index is 0.000000193. The number of aromatic nitrogens is 12. The van der Waals surface area contributed by atoms with Gasteiger partial charge in [0, 0.05) is 0 Å². The van der Waals surface area contributed by atoms with Crippen molar-refractivity contribution in [3.63, 3.8) is 0 Å². The molecule has 9 aromatic rings. The van der Waals surface area contributed by atoms with Gasteiger partial charge in [-0.05, 0) is 140 Å². The van der Waals surface area contributed by atoms with E-state index in [1.54, 1.807) is 153 Å². The molecule has 0 bridgehead atoms. The lowest BCUT2D eigenvalue weighted by Gasteiger charge is -2.25. The van der Waals surface area contributed by atoms with Crippen LogP contribution in [0.25, 0.3) is 33.5 Å². The largest absolute Gasteiger partial charge is 0.476 e. The molecule has 672 valence electrons. The van der Waals surface area contributed by atoms with Crippen molar-refractivity contribution in [2.24, 2.45) is 0 Å². The van der Waals surface area contributed by atoms with Crippen LogP contribution in [0.1, 0.15) is 123 Å². The van der Waals surface area contributed by atoms with Gasteiger partial charge in [-0.15, -0.1) is 0 Å². The van der Waals surface area contributed by atoms with Crippen LogP contribution in [-0.4, -0.2) is 221 Å². The SMILES string of the molecule is CCOc1nc(N)nc2c1ncn2[C@@H]1O[C@H](COP(=O)(N[C@H](C)C(=O)OC(C)C)Oc2ccccc2)[C@@H](O)[C@@]1(C)F.CCOc1nc(N)nc2c1ncn2[C@@H]1O[C@H](CO[P@@](=O)(N[C@H](C)C(=O)OC(C)C)Oc2ccccc2)[C@@H](O)[C@@]1(C)F.CCOc1nc(N)nc2c1ncn2[C@@H]1O[C@H](CO[P@](=O)(N[C@H](C)C(=O)OC(C)C)Oc2ccccc2)[C@@H](O)[C@@]1(C)F. The summed E-state index contributed by atoms with van der Waals surface area (Å²) in [6.07, 6.45) is -10.8. The first kappa shape index (κ1) is 95.2. The minimum absolute atomic E-state index is 0.114. The van der Waals surface area contributed by atoms with E-state index in [1.807, 2.05) is 0 Å². The molecule has 3 saturated heterocycles.